The lowest BCUT2D eigenvalue weighted by Crippen LogP contribution is -2.40. The highest BCUT2D eigenvalue weighted by Crippen LogP contribution is 2.18. The number of nitrogens with two attached hydrogens (primary N) is 1. The predicted octanol–water partition coefficient (Wildman–Crippen LogP) is 4.76. The minimum absolute atomic E-state index is 0.168. The van der Waals surface area contributed by atoms with Crippen LogP contribution < -0.4 is 21.7 Å². The number of rotatable bonds is 13. The molecule has 0 unspecified atom stereocenters. The minimum atomic E-state index is -0.473. The Morgan fingerprint density at radius 1 is 1.08 bits per heavy atom. The summed E-state index contributed by atoms with van der Waals surface area (Å²) in [6.07, 6.45) is 5.33. The normalized spacial score (nSPS) is 11.3. The molecule has 0 radical (unpaired) electrons. The maximum atomic E-state index is 12.0. The van der Waals surface area contributed by atoms with Crippen molar-refractivity contribution in [2.24, 2.45) is 5.73 Å². The number of aromatic nitrogens is 2. The van der Waals surface area contributed by atoms with Crippen LogP contribution in [0.5, 0.6) is 0 Å². The van der Waals surface area contributed by atoms with E-state index in [9.17, 15) is 9.59 Å². The molecule has 9 nitrogen and oxygen atoms in total. The number of ether oxygens (including phenoxy) is 1. The fourth-order valence-electron chi connectivity index (χ4n) is 3.42. The average Bonchev–Trinajstić information content (AvgIpc) is 2.84. The molecular weight excluding hydrogens is 480 g/mol. The third-order valence-electron chi connectivity index (χ3n) is 5.44. The Labute approximate surface area is 226 Å². The first-order valence-electron chi connectivity index (χ1n) is 13.1. The van der Waals surface area contributed by atoms with Gasteiger partial charge in [-0.15, -0.1) is 0 Å². The molecule has 1 heterocycles. The van der Waals surface area contributed by atoms with Crippen LogP contribution in [0.3, 0.4) is 0 Å². The van der Waals surface area contributed by atoms with Crippen LogP contribution in [0.2, 0.25) is 0 Å². The van der Waals surface area contributed by atoms with E-state index in [0.29, 0.717) is 36.6 Å². The monoisotopic (exact) mass is 522 g/mol. The maximum Gasteiger partial charge on any atom is 0.306 e. The van der Waals surface area contributed by atoms with E-state index in [1.807, 2.05) is 20.8 Å². The quantitative estimate of drug-likeness (QED) is 0.168. The van der Waals surface area contributed by atoms with Gasteiger partial charge in [0.1, 0.15) is 11.4 Å². The van der Waals surface area contributed by atoms with Crippen molar-refractivity contribution in [3.05, 3.63) is 41.6 Å². The summed E-state index contributed by atoms with van der Waals surface area (Å²) in [4.78, 5) is 32.2. The molecule has 0 atom stereocenters. The minimum Gasteiger partial charge on any atom is -0.460 e. The zero-order chi connectivity index (χ0) is 28.2. The summed E-state index contributed by atoms with van der Waals surface area (Å²) >= 11 is 0. The van der Waals surface area contributed by atoms with Gasteiger partial charge in [0, 0.05) is 36.2 Å². The largest absolute Gasteiger partial charge is 0.460 e. The molecule has 0 spiro atoms. The zero-order valence-corrected chi connectivity index (χ0v) is 23.5. The van der Waals surface area contributed by atoms with E-state index >= 15 is 0 Å². The van der Waals surface area contributed by atoms with Gasteiger partial charge in [-0.3, -0.25) is 9.59 Å². The number of amides is 1. The van der Waals surface area contributed by atoms with E-state index in [2.05, 4.69) is 58.5 Å². The number of carbonyl (C=O) groups is 2. The van der Waals surface area contributed by atoms with E-state index in [0.717, 1.165) is 37.2 Å². The summed E-state index contributed by atoms with van der Waals surface area (Å²) in [6.45, 7) is 13.5. The first-order valence-corrected chi connectivity index (χ1v) is 13.1. The predicted molar refractivity (Wildman–Crippen MR) is 152 cm³/mol. The Morgan fingerprint density at radius 2 is 1.79 bits per heavy atom. The van der Waals surface area contributed by atoms with Crippen molar-refractivity contribution in [2.45, 2.75) is 84.8 Å². The Bertz CT molecular complexity index is 1130. The van der Waals surface area contributed by atoms with Gasteiger partial charge in [-0.1, -0.05) is 18.8 Å². The van der Waals surface area contributed by atoms with Gasteiger partial charge in [-0.25, -0.2) is 4.98 Å². The fraction of sp³-hybridized carbons (Fsp3) is 0.517. The Kier molecular flexibility index (Phi) is 11.5. The van der Waals surface area contributed by atoms with Crippen molar-refractivity contribution in [2.75, 3.05) is 23.7 Å². The number of hydrogen-bond acceptors (Lipinski definition) is 8. The molecule has 9 heteroatoms. The van der Waals surface area contributed by atoms with E-state index in [1.165, 1.54) is 0 Å². The first-order chi connectivity index (χ1) is 17.9. The number of esters is 1. The van der Waals surface area contributed by atoms with E-state index in [4.69, 9.17) is 10.5 Å². The number of anilines is 3. The van der Waals surface area contributed by atoms with E-state index in [-0.39, 0.29) is 11.5 Å². The average molecular weight is 523 g/mol. The molecule has 0 fully saturated rings. The molecule has 0 bridgehead atoms. The van der Waals surface area contributed by atoms with Crippen LogP contribution in [0.25, 0.3) is 0 Å². The molecule has 0 aliphatic carbocycles. The molecule has 0 aliphatic rings. The topological polar surface area (TPSA) is 131 Å². The molecule has 206 valence electrons. The smallest absolute Gasteiger partial charge is 0.306 e. The molecule has 5 N–H and O–H groups in total. The van der Waals surface area contributed by atoms with E-state index in [1.54, 1.807) is 30.5 Å². The van der Waals surface area contributed by atoms with Crippen molar-refractivity contribution < 1.29 is 14.3 Å². The molecule has 1 aromatic carbocycles. The second-order valence-corrected chi connectivity index (χ2v) is 10.8. The number of benzene rings is 1. The maximum absolute atomic E-state index is 12.0. The van der Waals surface area contributed by atoms with Crippen molar-refractivity contribution in [1.82, 2.24) is 15.3 Å². The fourth-order valence-corrected chi connectivity index (χ4v) is 3.42. The van der Waals surface area contributed by atoms with Crippen LogP contribution in [0.4, 0.5) is 17.5 Å². The molecule has 0 aliphatic heterocycles. The van der Waals surface area contributed by atoms with Crippen LogP contribution in [0, 0.1) is 11.8 Å². The lowest BCUT2D eigenvalue weighted by Gasteiger charge is -2.27. The van der Waals surface area contributed by atoms with Gasteiger partial charge in [0.15, 0.2) is 0 Å². The highest BCUT2D eigenvalue weighted by molar-refractivity contribution is 5.93. The summed E-state index contributed by atoms with van der Waals surface area (Å²) in [5.74, 6) is 6.86. The highest BCUT2D eigenvalue weighted by atomic mass is 16.6. The molecule has 0 saturated carbocycles. The van der Waals surface area contributed by atoms with Gasteiger partial charge in [-0.05, 0) is 84.7 Å². The number of unbranched alkanes of at least 4 members (excludes halogenated alkanes) is 1. The molecule has 1 aromatic heterocycles. The molecule has 2 aromatic rings. The molecule has 2 rings (SSSR count). The van der Waals surface area contributed by atoms with Gasteiger partial charge in [0.25, 0.3) is 0 Å². The van der Waals surface area contributed by atoms with Crippen LogP contribution in [-0.2, 0) is 9.53 Å². The Balaban J connectivity index is 1.89. The summed E-state index contributed by atoms with van der Waals surface area (Å²) in [5, 5.41) is 9.97. The van der Waals surface area contributed by atoms with Crippen molar-refractivity contribution >= 4 is 29.3 Å². The Morgan fingerprint density at radius 3 is 2.42 bits per heavy atom. The number of nitrogens with one attached hydrogen (secondary N) is 3. The second-order valence-electron chi connectivity index (χ2n) is 10.8. The third-order valence-corrected chi connectivity index (χ3v) is 5.44. The number of primary amides is 1. The lowest BCUT2D eigenvalue weighted by molar-refractivity contribution is -0.155. The van der Waals surface area contributed by atoms with E-state index < -0.39 is 11.5 Å². The van der Waals surface area contributed by atoms with Gasteiger partial charge in [-0.2, -0.15) is 4.98 Å². The summed E-state index contributed by atoms with van der Waals surface area (Å²) in [5.41, 5.74) is 6.59. The molecule has 0 saturated heterocycles. The molecule has 38 heavy (non-hydrogen) atoms. The highest BCUT2D eigenvalue weighted by Gasteiger charge is 2.21. The third kappa shape index (κ3) is 11.6. The van der Waals surface area contributed by atoms with Crippen LogP contribution in [0.1, 0.15) is 89.6 Å². The van der Waals surface area contributed by atoms with Crippen molar-refractivity contribution in [3.8, 4) is 11.8 Å². The number of hydrogen-bond donors (Lipinski definition) is 4. The summed E-state index contributed by atoms with van der Waals surface area (Å²) in [6, 6.07) is 6.81. The summed E-state index contributed by atoms with van der Waals surface area (Å²) < 4.78 is 5.40. The number of carbonyl (C=O) groups excluding carboxylic acids is 2. The van der Waals surface area contributed by atoms with Crippen molar-refractivity contribution in [1.29, 1.82) is 0 Å². The zero-order valence-electron chi connectivity index (χ0n) is 23.5. The molecular formula is C29H42N6O3. The SMILES string of the molecule is CCCNc1nc(Nc2ccc(C(N)=O)cc2)ncc1C#CCCCNC(C)(C)CCC(=O)OC(C)(C)C. The van der Waals surface area contributed by atoms with Gasteiger partial charge in [0.05, 0.1) is 11.8 Å². The summed E-state index contributed by atoms with van der Waals surface area (Å²) in [7, 11) is 0. The van der Waals surface area contributed by atoms with Gasteiger partial charge < -0.3 is 26.4 Å². The van der Waals surface area contributed by atoms with Crippen LogP contribution in [-0.4, -0.2) is 46.1 Å². The van der Waals surface area contributed by atoms with Crippen molar-refractivity contribution in [3.63, 3.8) is 0 Å². The standard InChI is InChI=1S/C29H42N6O3/c1-7-18-31-26-22(20-32-27(35-26)34-23-14-12-21(13-15-23)25(30)37)11-9-8-10-19-33-29(5,6)17-16-24(36)38-28(2,3)4/h12-15,20,33H,7-8,10,16-19H2,1-6H3,(H2,30,37)(H2,31,32,34,35). The second kappa shape index (κ2) is 14.3. The lowest BCUT2D eigenvalue weighted by atomic mass is 9.98. The van der Waals surface area contributed by atoms with Crippen LogP contribution in [0.15, 0.2) is 30.5 Å². The number of nitrogens with zero attached hydrogens (tertiary/aromatic N) is 2. The first kappa shape index (κ1) is 30.6. The molecule has 1 amide bonds. The van der Waals surface area contributed by atoms with Crippen LogP contribution >= 0.6 is 0 Å². The van der Waals surface area contributed by atoms with Gasteiger partial charge in [0.2, 0.25) is 11.9 Å². The van der Waals surface area contributed by atoms with Gasteiger partial charge >= 0.3 is 5.97 Å². The Hall–Kier alpha value is -3.64.